The van der Waals surface area contributed by atoms with Crippen LogP contribution in [0.15, 0.2) is 72.0 Å². The summed E-state index contributed by atoms with van der Waals surface area (Å²) in [6, 6.07) is 14.8. The Bertz CT molecular complexity index is 1360. The molecule has 3 heterocycles. The quantitative estimate of drug-likeness (QED) is 0.108. The summed E-state index contributed by atoms with van der Waals surface area (Å²) in [6.45, 7) is 10.4. The molecular formula is C34H48N8O3. The molecule has 1 atom stereocenters. The number of aliphatic imine (C=N–C) groups is 1. The van der Waals surface area contributed by atoms with Crippen molar-refractivity contribution in [2.24, 2.45) is 16.6 Å². The summed E-state index contributed by atoms with van der Waals surface area (Å²) < 4.78 is 5.83. The van der Waals surface area contributed by atoms with E-state index in [-0.39, 0.29) is 17.7 Å². The van der Waals surface area contributed by atoms with Crippen molar-refractivity contribution in [3.05, 3.63) is 78.1 Å². The molecule has 3 aliphatic heterocycles. The zero-order chi connectivity index (χ0) is 31.8. The van der Waals surface area contributed by atoms with Crippen molar-refractivity contribution in [1.29, 1.82) is 0 Å². The highest BCUT2D eigenvalue weighted by Gasteiger charge is 2.30. The zero-order valence-corrected chi connectivity index (χ0v) is 26.7. The number of hydrogen-bond acceptors (Lipinski definition) is 10. The van der Waals surface area contributed by atoms with Crippen LogP contribution in [0.4, 0.5) is 11.4 Å². The number of hydrogen-bond donors (Lipinski definition) is 3. The van der Waals surface area contributed by atoms with Crippen LogP contribution in [0.5, 0.6) is 5.75 Å². The highest BCUT2D eigenvalue weighted by molar-refractivity contribution is 5.94. The van der Waals surface area contributed by atoms with Gasteiger partial charge in [-0.1, -0.05) is 36.9 Å². The number of carbonyl (C=O) groups excluding carboxylic acids is 1. The smallest absolute Gasteiger partial charge is 0.155 e. The Hall–Kier alpha value is -3.90. The Kier molecular flexibility index (Phi) is 11.1. The standard InChI is InChI=1S/C34H48N8O3/c1-4-28(43)11-10-26-22-29(37-33(35)24-34(38-36)42-30(14-21-45-42)25-8-6-5-7-9-25)32(44-3)23-31(26)41-19-17-40(18-20-41)27-12-15-39(2)16-13-27/h4-9,22-24,27,30,38H,1,10-21,36H2,2-3H3,(H2,35,37)/b34-24+/t30-/m1/s1. The van der Waals surface area contributed by atoms with E-state index in [9.17, 15) is 4.79 Å². The molecule has 5 rings (SSSR count). The fourth-order valence-corrected chi connectivity index (χ4v) is 6.56. The minimum atomic E-state index is -0.0101. The van der Waals surface area contributed by atoms with E-state index in [1.165, 1.54) is 18.9 Å². The van der Waals surface area contributed by atoms with Crippen LogP contribution in [0, 0.1) is 0 Å². The lowest BCUT2D eigenvalue weighted by molar-refractivity contribution is -0.114. The van der Waals surface area contributed by atoms with Gasteiger partial charge >= 0.3 is 0 Å². The first-order chi connectivity index (χ1) is 21.9. The first kappa shape index (κ1) is 32.5. The van der Waals surface area contributed by atoms with E-state index >= 15 is 0 Å². The van der Waals surface area contributed by atoms with Crippen molar-refractivity contribution < 1.29 is 14.4 Å². The van der Waals surface area contributed by atoms with E-state index in [2.05, 4.69) is 45.9 Å². The number of nitrogens with zero attached hydrogens (tertiary/aromatic N) is 5. The number of nitrogens with one attached hydrogen (secondary N) is 1. The molecule has 2 aromatic carbocycles. The van der Waals surface area contributed by atoms with Crippen molar-refractivity contribution in [3.8, 4) is 5.75 Å². The molecule has 0 aromatic heterocycles. The van der Waals surface area contributed by atoms with Gasteiger partial charge in [-0.3, -0.25) is 14.5 Å². The number of anilines is 1. The van der Waals surface area contributed by atoms with Crippen LogP contribution in [-0.4, -0.2) is 92.6 Å². The van der Waals surface area contributed by atoms with E-state index in [0.717, 1.165) is 62.5 Å². The van der Waals surface area contributed by atoms with E-state index < -0.39 is 0 Å². The number of amidine groups is 1. The van der Waals surface area contributed by atoms with Gasteiger partial charge in [0, 0.05) is 62.9 Å². The molecule has 3 saturated heterocycles. The summed E-state index contributed by atoms with van der Waals surface area (Å²) in [5, 5.41) is 1.75. The third-order valence-electron chi connectivity index (χ3n) is 9.12. The minimum Gasteiger partial charge on any atom is -0.494 e. The van der Waals surface area contributed by atoms with Gasteiger partial charge in [-0.25, -0.2) is 15.9 Å². The average molecular weight is 617 g/mol. The fourth-order valence-electron chi connectivity index (χ4n) is 6.56. The Morgan fingerprint density at radius 3 is 2.51 bits per heavy atom. The van der Waals surface area contributed by atoms with Gasteiger partial charge in [0.25, 0.3) is 0 Å². The Morgan fingerprint density at radius 2 is 1.84 bits per heavy atom. The fraction of sp³-hybridized carbons (Fsp3) is 0.471. The molecule has 3 aliphatic rings. The first-order valence-corrected chi connectivity index (χ1v) is 15.9. The normalized spacial score (nSPS) is 20.8. The number of aryl methyl sites for hydroxylation is 1. The van der Waals surface area contributed by atoms with Crippen LogP contribution in [-0.2, 0) is 16.1 Å². The number of piperidine rings is 1. The van der Waals surface area contributed by atoms with E-state index in [4.69, 9.17) is 26.1 Å². The lowest BCUT2D eigenvalue weighted by Crippen LogP contribution is -2.53. The van der Waals surface area contributed by atoms with Crippen LogP contribution < -0.4 is 26.6 Å². The van der Waals surface area contributed by atoms with Gasteiger partial charge in [-0.2, -0.15) is 0 Å². The zero-order valence-electron chi connectivity index (χ0n) is 26.7. The van der Waals surface area contributed by atoms with Crippen LogP contribution in [0.1, 0.15) is 42.9 Å². The van der Waals surface area contributed by atoms with Gasteiger partial charge in [0.15, 0.2) is 5.78 Å². The van der Waals surface area contributed by atoms with Gasteiger partial charge in [0.2, 0.25) is 0 Å². The molecule has 11 nitrogen and oxygen atoms in total. The molecule has 0 unspecified atom stereocenters. The second-order valence-corrected chi connectivity index (χ2v) is 12.0. The number of ketones is 1. The van der Waals surface area contributed by atoms with Crippen molar-refractivity contribution in [2.45, 2.75) is 44.2 Å². The van der Waals surface area contributed by atoms with Gasteiger partial charge in [-0.15, -0.1) is 0 Å². The SMILES string of the molecule is C=CC(=O)CCc1cc(N=C(N)/C=C(\NN)N2OCC[C@@H]2c2ccccc2)c(OC)cc1N1CCN(C2CCN(C)CC2)CC1. The number of nitrogens with two attached hydrogens (primary N) is 2. The molecule has 0 amide bonds. The summed E-state index contributed by atoms with van der Waals surface area (Å²) in [7, 11) is 3.84. The molecule has 11 heteroatoms. The van der Waals surface area contributed by atoms with Gasteiger partial charge in [0.1, 0.15) is 23.1 Å². The number of rotatable bonds is 12. The number of piperazine rings is 1. The molecule has 242 valence electrons. The number of carbonyl (C=O) groups is 1. The number of allylic oxidation sites excluding steroid dienone is 1. The third-order valence-corrected chi connectivity index (χ3v) is 9.12. The molecule has 0 aliphatic carbocycles. The monoisotopic (exact) mass is 616 g/mol. The molecule has 3 fully saturated rings. The van der Waals surface area contributed by atoms with Crippen LogP contribution >= 0.6 is 0 Å². The van der Waals surface area contributed by atoms with Crippen molar-refractivity contribution in [1.82, 2.24) is 20.3 Å². The molecule has 0 saturated carbocycles. The average Bonchev–Trinajstić information content (AvgIpc) is 3.57. The topological polar surface area (TPSA) is 125 Å². The molecule has 0 radical (unpaired) electrons. The molecule has 0 bridgehead atoms. The van der Waals surface area contributed by atoms with E-state index in [0.29, 0.717) is 42.7 Å². The van der Waals surface area contributed by atoms with E-state index in [1.807, 2.05) is 30.3 Å². The number of methoxy groups -OCH3 is 1. The maximum Gasteiger partial charge on any atom is 0.155 e. The number of benzene rings is 2. The second-order valence-electron chi connectivity index (χ2n) is 12.0. The predicted octanol–water partition coefficient (Wildman–Crippen LogP) is 3.27. The molecule has 5 N–H and O–H groups in total. The first-order valence-electron chi connectivity index (χ1n) is 15.9. The second kappa shape index (κ2) is 15.4. The number of hydroxylamine groups is 2. The summed E-state index contributed by atoms with van der Waals surface area (Å²) in [5.41, 5.74) is 13.0. The summed E-state index contributed by atoms with van der Waals surface area (Å²) >= 11 is 0. The summed E-state index contributed by atoms with van der Waals surface area (Å²) in [5.74, 6) is 7.28. The van der Waals surface area contributed by atoms with Crippen LogP contribution in [0.3, 0.4) is 0 Å². The molecular weight excluding hydrogens is 568 g/mol. The maximum absolute atomic E-state index is 12.3. The highest BCUT2D eigenvalue weighted by atomic mass is 16.7. The van der Waals surface area contributed by atoms with Crippen LogP contribution in [0.2, 0.25) is 0 Å². The number of hydrazine groups is 1. The van der Waals surface area contributed by atoms with E-state index in [1.54, 1.807) is 18.2 Å². The Labute approximate surface area is 267 Å². The van der Waals surface area contributed by atoms with Gasteiger partial charge < -0.3 is 25.7 Å². The van der Waals surface area contributed by atoms with Gasteiger partial charge in [0.05, 0.1) is 19.8 Å². The molecule has 2 aromatic rings. The lowest BCUT2D eigenvalue weighted by Gasteiger charge is -2.43. The summed E-state index contributed by atoms with van der Waals surface area (Å²) in [4.78, 5) is 30.4. The van der Waals surface area contributed by atoms with Crippen LogP contribution in [0.25, 0.3) is 0 Å². The largest absolute Gasteiger partial charge is 0.494 e. The summed E-state index contributed by atoms with van der Waals surface area (Å²) in [6.07, 6.45) is 7.24. The van der Waals surface area contributed by atoms with Crippen molar-refractivity contribution >= 4 is 23.0 Å². The lowest BCUT2D eigenvalue weighted by atomic mass is 10.0. The number of likely N-dealkylation sites (tertiary alicyclic amines) is 1. The maximum atomic E-state index is 12.3. The van der Waals surface area contributed by atoms with Crippen molar-refractivity contribution in [3.63, 3.8) is 0 Å². The van der Waals surface area contributed by atoms with Crippen molar-refractivity contribution in [2.75, 3.05) is 64.9 Å². The van der Waals surface area contributed by atoms with Gasteiger partial charge in [-0.05, 0) is 62.7 Å². The molecule has 45 heavy (non-hydrogen) atoms. The predicted molar refractivity (Wildman–Crippen MR) is 179 cm³/mol. The molecule has 0 spiro atoms. The highest BCUT2D eigenvalue weighted by Crippen LogP contribution is 2.37. The third kappa shape index (κ3) is 8.04. The minimum absolute atomic E-state index is 0.00796. The Morgan fingerprint density at radius 1 is 1.11 bits per heavy atom. The number of ether oxygens (including phenoxy) is 1. The Balaban J connectivity index is 1.38.